The molecular formula is C21H25F3N2O3. The Kier molecular flexibility index (Phi) is 5.36. The van der Waals surface area contributed by atoms with Gasteiger partial charge in [-0.1, -0.05) is 6.07 Å². The van der Waals surface area contributed by atoms with E-state index in [0.717, 1.165) is 43.2 Å². The van der Waals surface area contributed by atoms with Crippen molar-refractivity contribution in [3.8, 4) is 0 Å². The molecule has 5 nitrogen and oxygen atoms in total. The number of nitrogens with one attached hydrogen (secondary N) is 1. The summed E-state index contributed by atoms with van der Waals surface area (Å²) in [7, 11) is 0. The van der Waals surface area contributed by atoms with Crippen LogP contribution in [0.4, 0.5) is 23.7 Å². The number of halogens is 3. The van der Waals surface area contributed by atoms with Gasteiger partial charge in [-0.15, -0.1) is 0 Å². The summed E-state index contributed by atoms with van der Waals surface area (Å²) in [4.78, 5) is 11.0. The minimum absolute atomic E-state index is 0.137. The zero-order valence-corrected chi connectivity index (χ0v) is 16.3. The number of hydrogen-bond donors (Lipinski definition) is 1. The summed E-state index contributed by atoms with van der Waals surface area (Å²) < 4.78 is 50.1. The normalized spacial score (nSPS) is 25.1. The average Bonchev–Trinajstić information content (AvgIpc) is 3.20. The topological polar surface area (TPSA) is 52.5 Å². The fourth-order valence-electron chi connectivity index (χ4n) is 4.55. The number of ether oxygens (including phenoxy) is 2. The lowest BCUT2D eigenvalue weighted by Crippen LogP contribution is -2.28. The monoisotopic (exact) mass is 410 g/mol. The Labute approximate surface area is 167 Å². The van der Waals surface area contributed by atoms with Gasteiger partial charge in [0, 0.05) is 22.8 Å². The van der Waals surface area contributed by atoms with Crippen molar-refractivity contribution in [1.82, 2.24) is 4.57 Å². The zero-order chi connectivity index (χ0) is 20.6. The van der Waals surface area contributed by atoms with E-state index in [-0.39, 0.29) is 12.1 Å². The lowest BCUT2D eigenvalue weighted by atomic mass is 9.83. The molecule has 2 fully saturated rings. The molecule has 1 saturated carbocycles. The molecule has 29 heavy (non-hydrogen) atoms. The molecule has 0 bridgehead atoms. The molecule has 1 unspecified atom stereocenters. The first-order valence-electron chi connectivity index (χ1n) is 10.0. The number of aromatic nitrogens is 1. The lowest BCUT2D eigenvalue weighted by Gasteiger charge is -2.30. The highest BCUT2D eigenvalue weighted by atomic mass is 19.4. The zero-order valence-electron chi connectivity index (χ0n) is 16.3. The van der Waals surface area contributed by atoms with Crippen molar-refractivity contribution in [2.24, 2.45) is 5.92 Å². The number of carbonyl (C=O) groups is 1. The third kappa shape index (κ3) is 4.62. The maximum Gasteiger partial charge on any atom is 0.508 e. The second kappa shape index (κ2) is 7.80. The SMILES string of the molecule is Cc1cc2c(NC3CCC(CC4COC(=O)O4)CC3)cccc2n1CC(F)(F)F. The van der Waals surface area contributed by atoms with Crippen molar-refractivity contribution >= 4 is 22.7 Å². The van der Waals surface area contributed by atoms with Gasteiger partial charge in [-0.05, 0) is 63.1 Å². The van der Waals surface area contributed by atoms with Crippen molar-refractivity contribution < 1.29 is 27.4 Å². The molecule has 1 aliphatic carbocycles. The minimum atomic E-state index is -4.25. The number of nitrogens with zero attached hydrogens (tertiary/aromatic N) is 1. The maximum atomic E-state index is 12.9. The molecule has 2 aliphatic rings. The van der Waals surface area contributed by atoms with E-state index < -0.39 is 18.9 Å². The Morgan fingerprint density at radius 1 is 1.21 bits per heavy atom. The Morgan fingerprint density at radius 2 is 1.97 bits per heavy atom. The predicted molar refractivity (Wildman–Crippen MR) is 103 cm³/mol. The summed E-state index contributed by atoms with van der Waals surface area (Å²) in [6, 6.07) is 7.58. The van der Waals surface area contributed by atoms with Crippen LogP contribution in [0.15, 0.2) is 24.3 Å². The molecular weight excluding hydrogens is 385 g/mol. The average molecular weight is 410 g/mol. The molecule has 1 aromatic carbocycles. The Morgan fingerprint density at radius 3 is 2.62 bits per heavy atom. The van der Waals surface area contributed by atoms with E-state index in [1.165, 1.54) is 4.57 Å². The number of benzene rings is 1. The molecule has 1 aromatic heterocycles. The van der Waals surface area contributed by atoms with Gasteiger partial charge in [0.15, 0.2) is 0 Å². The van der Waals surface area contributed by atoms with Crippen molar-refractivity contribution in [3.63, 3.8) is 0 Å². The molecule has 2 heterocycles. The van der Waals surface area contributed by atoms with Crippen molar-refractivity contribution in [2.45, 2.75) is 63.9 Å². The molecule has 0 amide bonds. The van der Waals surface area contributed by atoms with E-state index in [1.807, 2.05) is 12.1 Å². The first-order chi connectivity index (χ1) is 13.8. The highest BCUT2D eigenvalue weighted by Crippen LogP contribution is 2.34. The van der Waals surface area contributed by atoms with Gasteiger partial charge in [0.2, 0.25) is 0 Å². The second-order valence-corrected chi connectivity index (χ2v) is 8.12. The van der Waals surface area contributed by atoms with E-state index in [9.17, 15) is 18.0 Å². The number of alkyl halides is 3. The van der Waals surface area contributed by atoms with Gasteiger partial charge in [-0.25, -0.2) is 4.79 Å². The number of anilines is 1. The summed E-state index contributed by atoms with van der Waals surface area (Å²) in [5.74, 6) is 0.499. The largest absolute Gasteiger partial charge is 0.508 e. The van der Waals surface area contributed by atoms with Crippen LogP contribution in [0, 0.1) is 12.8 Å². The van der Waals surface area contributed by atoms with E-state index in [1.54, 1.807) is 19.1 Å². The third-order valence-corrected chi connectivity index (χ3v) is 5.94. The summed E-state index contributed by atoms with van der Waals surface area (Å²) in [5, 5.41) is 4.37. The molecule has 4 rings (SSSR count). The van der Waals surface area contributed by atoms with E-state index >= 15 is 0 Å². The summed E-state index contributed by atoms with van der Waals surface area (Å²) in [6.45, 7) is 1.07. The molecule has 1 saturated heterocycles. The minimum Gasteiger partial charge on any atom is -0.430 e. The van der Waals surface area contributed by atoms with E-state index in [2.05, 4.69) is 5.32 Å². The molecule has 158 valence electrons. The smallest absolute Gasteiger partial charge is 0.430 e. The van der Waals surface area contributed by atoms with Crippen LogP contribution in [0.1, 0.15) is 37.8 Å². The fraction of sp³-hybridized carbons (Fsp3) is 0.571. The second-order valence-electron chi connectivity index (χ2n) is 8.12. The van der Waals surface area contributed by atoms with Gasteiger partial charge >= 0.3 is 12.3 Å². The molecule has 0 radical (unpaired) electrons. The van der Waals surface area contributed by atoms with Crippen LogP contribution in [0.5, 0.6) is 0 Å². The van der Waals surface area contributed by atoms with Gasteiger partial charge in [0.05, 0.1) is 5.52 Å². The summed E-state index contributed by atoms with van der Waals surface area (Å²) in [5.41, 5.74) is 2.08. The number of aryl methyl sites for hydroxylation is 1. The van der Waals surface area contributed by atoms with E-state index in [0.29, 0.717) is 23.7 Å². The standard InChI is InChI=1S/C21H25F3N2O3/c1-13-9-17-18(3-2-4-19(17)26(13)12-21(22,23)24)25-15-7-5-14(6-8-15)10-16-11-28-20(27)29-16/h2-4,9,14-16,25H,5-8,10-12H2,1H3. The maximum absolute atomic E-state index is 12.9. The fourth-order valence-corrected chi connectivity index (χ4v) is 4.55. The number of cyclic esters (lactones) is 2. The molecule has 8 heteroatoms. The van der Waals surface area contributed by atoms with Gasteiger partial charge in [-0.2, -0.15) is 13.2 Å². The molecule has 1 aliphatic heterocycles. The van der Waals surface area contributed by atoms with Crippen molar-refractivity contribution in [3.05, 3.63) is 30.0 Å². The lowest BCUT2D eigenvalue weighted by molar-refractivity contribution is -0.140. The Hall–Kier alpha value is -2.38. The number of fused-ring (bicyclic) bond motifs is 1. The van der Waals surface area contributed by atoms with Crippen LogP contribution in [-0.4, -0.2) is 35.7 Å². The van der Waals surface area contributed by atoms with Gasteiger partial charge in [0.25, 0.3) is 0 Å². The number of hydrogen-bond acceptors (Lipinski definition) is 4. The van der Waals surface area contributed by atoms with Gasteiger partial charge < -0.3 is 19.4 Å². The van der Waals surface area contributed by atoms with Crippen LogP contribution in [-0.2, 0) is 16.0 Å². The third-order valence-electron chi connectivity index (χ3n) is 5.94. The van der Waals surface area contributed by atoms with Crippen LogP contribution < -0.4 is 5.32 Å². The Bertz CT molecular complexity index is 885. The predicted octanol–water partition coefficient (Wildman–Crippen LogP) is 5.41. The van der Waals surface area contributed by atoms with Crippen molar-refractivity contribution in [1.29, 1.82) is 0 Å². The molecule has 0 spiro atoms. The quantitative estimate of drug-likeness (QED) is 0.670. The van der Waals surface area contributed by atoms with E-state index in [4.69, 9.17) is 9.47 Å². The summed E-state index contributed by atoms with van der Waals surface area (Å²) in [6.07, 6.45) is -0.139. The Balaban J connectivity index is 1.40. The van der Waals surface area contributed by atoms with Crippen LogP contribution in [0.25, 0.3) is 10.9 Å². The first-order valence-corrected chi connectivity index (χ1v) is 10.0. The highest BCUT2D eigenvalue weighted by molar-refractivity contribution is 5.93. The number of rotatable bonds is 5. The van der Waals surface area contributed by atoms with Crippen LogP contribution >= 0.6 is 0 Å². The molecule has 1 atom stereocenters. The number of carbonyl (C=O) groups excluding carboxylic acids is 1. The molecule has 1 N–H and O–H groups in total. The summed E-state index contributed by atoms with van der Waals surface area (Å²) >= 11 is 0. The molecule has 2 aromatic rings. The van der Waals surface area contributed by atoms with Crippen molar-refractivity contribution in [2.75, 3.05) is 11.9 Å². The van der Waals surface area contributed by atoms with Crippen LogP contribution in [0.2, 0.25) is 0 Å². The van der Waals surface area contributed by atoms with Gasteiger partial charge in [0.1, 0.15) is 19.3 Å². The van der Waals surface area contributed by atoms with Gasteiger partial charge in [-0.3, -0.25) is 0 Å². The van der Waals surface area contributed by atoms with Crippen LogP contribution in [0.3, 0.4) is 0 Å². The highest BCUT2D eigenvalue weighted by Gasteiger charge is 2.31. The first kappa shape index (κ1) is 19.9.